The highest BCUT2D eigenvalue weighted by molar-refractivity contribution is 5.22. The Hall–Kier alpha value is -1.08. The van der Waals surface area contributed by atoms with Gasteiger partial charge in [0.25, 0.3) is 0 Å². The van der Waals surface area contributed by atoms with Crippen LogP contribution >= 0.6 is 0 Å². The van der Waals surface area contributed by atoms with Crippen molar-refractivity contribution in [1.29, 1.82) is 0 Å². The molecule has 0 bridgehead atoms. The molecule has 0 atom stereocenters. The van der Waals surface area contributed by atoms with E-state index in [2.05, 4.69) is 10.3 Å². The highest BCUT2D eigenvalue weighted by Crippen LogP contribution is 2.51. The lowest BCUT2D eigenvalue weighted by molar-refractivity contribution is -0.147. The van der Waals surface area contributed by atoms with Crippen molar-refractivity contribution < 1.29 is 17.9 Å². The van der Waals surface area contributed by atoms with Crippen LogP contribution in [0.5, 0.6) is 0 Å². The first kappa shape index (κ1) is 14.8. The zero-order chi connectivity index (χ0) is 15.1. The summed E-state index contributed by atoms with van der Waals surface area (Å²) in [5.41, 5.74) is 1.27. The Morgan fingerprint density at radius 2 is 2.14 bits per heavy atom. The number of hydrogen-bond donors (Lipinski definition) is 1. The molecule has 0 radical (unpaired) electrons. The molecule has 118 valence electrons. The van der Waals surface area contributed by atoms with Crippen molar-refractivity contribution in [3.8, 4) is 0 Å². The molecular formula is C14H20F3N3O. The van der Waals surface area contributed by atoms with Crippen molar-refractivity contribution in [3.05, 3.63) is 17.2 Å². The van der Waals surface area contributed by atoms with E-state index in [0.717, 1.165) is 25.0 Å². The predicted octanol–water partition coefficient (Wildman–Crippen LogP) is 2.36. The second-order valence-corrected chi connectivity index (χ2v) is 6.08. The molecule has 1 saturated carbocycles. The van der Waals surface area contributed by atoms with Crippen molar-refractivity contribution in [2.24, 2.45) is 5.41 Å². The number of aromatic nitrogens is 2. The molecular weight excluding hydrogens is 283 g/mol. The number of alkyl halides is 3. The van der Waals surface area contributed by atoms with Crippen LogP contribution in [0.1, 0.15) is 36.5 Å². The molecule has 0 spiro atoms. The Bertz CT molecular complexity index is 520. The molecule has 1 aromatic rings. The highest BCUT2D eigenvalue weighted by Gasteiger charge is 2.46. The van der Waals surface area contributed by atoms with Crippen molar-refractivity contribution in [2.45, 2.75) is 44.9 Å². The third kappa shape index (κ3) is 2.94. The summed E-state index contributed by atoms with van der Waals surface area (Å²) in [6, 6.07) is 0. The summed E-state index contributed by atoms with van der Waals surface area (Å²) >= 11 is 0. The maximum absolute atomic E-state index is 13.3. The second-order valence-electron chi connectivity index (χ2n) is 6.08. The van der Waals surface area contributed by atoms with Crippen molar-refractivity contribution in [2.75, 3.05) is 20.3 Å². The van der Waals surface area contributed by atoms with Gasteiger partial charge >= 0.3 is 6.18 Å². The molecule has 0 unspecified atom stereocenters. The van der Waals surface area contributed by atoms with Crippen LogP contribution in [0, 0.1) is 5.41 Å². The van der Waals surface area contributed by atoms with Crippen molar-refractivity contribution in [3.63, 3.8) is 0 Å². The summed E-state index contributed by atoms with van der Waals surface area (Å²) in [6.45, 7) is 2.14. The standard InChI is InChI=1S/C14H20F3N3O/c1-21-7-5-13(3-4-13)9-20-11-2-6-18-8-10(11)19-12(20)14(15,16)17/h18H,2-9H2,1H3. The minimum absolute atomic E-state index is 0.0324. The first-order chi connectivity index (χ1) is 9.95. The van der Waals surface area contributed by atoms with Gasteiger partial charge in [0.15, 0.2) is 0 Å². The molecule has 4 nitrogen and oxygen atoms in total. The molecule has 0 amide bonds. The molecule has 7 heteroatoms. The highest BCUT2D eigenvalue weighted by atomic mass is 19.4. The van der Waals surface area contributed by atoms with E-state index in [-0.39, 0.29) is 5.41 Å². The largest absolute Gasteiger partial charge is 0.449 e. The first-order valence-electron chi connectivity index (χ1n) is 7.30. The minimum atomic E-state index is -4.39. The predicted molar refractivity (Wildman–Crippen MR) is 70.8 cm³/mol. The zero-order valence-corrected chi connectivity index (χ0v) is 12.1. The lowest BCUT2D eigenvalue weighted by atomic mass is 10.0. The van der Waals surface area contributed by atoms with Gasteiger partial charge in [0.05, 0.1) is 5.69 Å². The van der Waals surface area contributed by atoms with Crippen LogP contribution in [0.4, 0.5) is 13.2 Å². The van der Waals surface area contributed by atoms with Gasteiger partial charge in [0.1, 0.15) is 0 Å². The summed E-state index contributed by atoms with van der Waals surface area (Å²) in [5.74, 6) is -0.736. The van der Waals surface area contributed by atoms with E-state index in [1.165, 1.54) is 4.57 Å². The van der Waals surface area contributed by atoms with E-state index in [1.54, 1.807) is 7.11 Å². The number of halogens is 3. The lowest BCUT2D eigenvalue weighted by Gasteiger charge is -2.22. The van der Waals surface area contributed by atoms with Crippen LogP contribution in [0.2, 0.25) is 0 Å². The fraction of sp³-hybridized carbons (Fsp3) is 0.786. The quantitative estimate of drug-likeness (QED) is 0.907. The van der Waals surface area contributed by atoms with Gasteiger partial charge in [0, 0.05) is 45.5 Å². The summed E-state index contributed by atoms with van der Waals surface area (Å²) in [5, 5.41) is 3.08. The summed E-state index contributed by atoms with van der Waals surface area (Å²) < 4.78 is 46.3. The number of methoxy groups -OCH3 is 1. The molecule has 2 heterocycles. The SMILES string of the molecule is COCCC1(Cn2c(C(F)(F)F)nc3c2CCNC3)CC1. The Morgan fingerprint density at radius 1 is 1.38 bits per heavy atom. The van der Waals surface area contributed by atoms with Crippen LogP contribution in [0.25, 0.3) is 0 Å². The Kier molecular flexibility index (Phi) is 3.73. The van der Waals surface area contributed by atoms with E-state index in [0.29, 0.717) is 38.4 Å². The molecule has 2 aliphatic rings. The van der Waals surface area contributed by atoms with E-state index in [9.17, 15) is 13.2 Å². The molecule has 0 aromatic carbocycles. The van der Waals surface area contributed by atoms with Crippen LogP contribution in [0.15, 0.2) is 0 Å². The fourth-order valence-corrected chi connectivity index (χ4v) is 3.08. The van der Waals surface area contributed by atoms with Gasteiger partial charge in [-0.05, 0) is 24.7 Å². The third-order valence-electron chi connectivity index (χ3n) is 4.53. The molecule has 1 aliphatic carbocycles. The van der Waals surface area contributed by atoms with Crippen LogP contribution in [-0.4, -0.2) is 29.8 Å². The number of rotatable bonds is 5. The van der Waals surface area contributed by atoms with Gasteiger partial charge in [-0.15, -0.1) is 0 Å². The number of imidazole rings is 1. The van der Waals surface area contributed by atoms with Crippen molar-refractivity contribution in [1.82, 2.24) is 14.9 Å². The molecule has 21 heavy (non-hydrogen) atoms. The second kappa shape index (κ2) is 5.28. The van der Waals surface area contributed by atoms with E-state index in [4.69, 9.17) is 4.74 Å². The average Bonchev–Trinajstić information content (AvgIpc) is 3.10. The number of ether oxygens (including phenoxy) is 1. The Morgan fingerprint density at radius 3 is 2.76 bits per heavy atom. The zero-order valence-electron chi connectivity index (χ0n) is 12.1. The fourth-order valence-electron chi connectivity index (χ4n) is 3.08. The maximum atomic E-state index is 13.3. The van der Waals surface area contributed by atoms with Gasteiger partial charge in [0.2, 0.25) is 5.82 Å². The third-order valence-corrected chi connectivity index (χ3v) is 4.53. The average molecular weight is 303 g/mol. The summed E-state index contributed by atoms with van der Waals surface area (Å²) in [7, 11) is 1.63. The van der Waals surface area contributed by atoms with Gasteiger partial charge in [-0.2, -0.15) is 13.2 Å². The minimum Gasteiger partial charge on any atom is -0.385 e. The number of fused-ring (bicyclic) bond motifs is 1. The maximum Gasteiger partial charge on any atom is 0.449 e. The normalized spacial score (nSPS) is 20.4. The van der Waals surface area contributed by atoms with Crippen LogP contribution in [-0.2, 0) is 30.4 Å². The van der Waals surface area contributed by atoms with Gasteiger partial charge in [-0.1, -0.05) is 0 Å². The van der Waals surface area contributed by atoms with E-state index >= 15 is 0 Å². The molecule has 0 saturated heterocycles. The topological polar surface area (TPSA) is 39.1 Å². The van der Waals surface area contributed by atoms with E-state index in [1.807, 2.05) is 0 Å². The van der Waals surface area contributed by atoms with Crippen LogP contribution < -0.4 is 5.32 Å². The summed E-state index contributed by atoms with van der Waals surface area (Å²) in [4.78, 5) is 3.86. The number of nitrogens with one attached hydrogen (secondary N) is 1. The molecule has 1 aromatic heterocycles. The number of nitrogens with zero attached hydrogens (tertiary/aromatic N) is 2. The Labute approximate surface area is 121 Å². The van der Waals surface area contributed by atoms with Gasteiger partial charge in [-0.25, -0.2) is 4.98 Å². The van der Waals surface area contributed by atoms with E-state index < -0.39 is 12.0 Å². The number of hydrogen-bond acceptors (Lipinski definition) is 3. The molecule has 1 fully saturated rings. The molecule has 1 aliphatic heterocycles. The molecule has 1 N–H and O–H groups in total. The lowest BCUT2D eigenvalue weighted by Crippen LogP contribution is -2.27. The van der Waals surface area contributed by atoms with Gasteiger partial charge in [-0.3, -0.25) is 0 Å². The first-order valence-corrected chi connectivity index (χ1v) is 7.30. The summed E-state index contributed by atoms with van der Waals surface area (Å²) in [6.07, 6.45) is -1.03. The monoisotopic (exact) mass is 303 g/mol. The molecule has 3 rings (SSSR count). The Balaban J connectivity index is 1.91. The van der Waals surface area contributed by atoms with Gasteiger partial charge < -0.3 is 14.6 Å². The van der Waals surface area contributed by atoms with Crippen molar-refractivity contribution >= 4 is 0 Å². The van der Waals surface area contributed by atoms with Crippen LogP contribution in [0.3, 0.4) is 0 Å². The smallest absolute Gasteiger partial charge is 0.385 e.